The third-order valence-electron chi connectivity index (χ3n) is 2.65. The van der Waals surface area contributed by atoms with E-state index < -0.39 is 4.92 Å². The zero-order chi connectivity index (χ0) is 14.5. The Morgan fingerprint density at radius 1 is 1.35 bits per heavy atom. The molecule has 8 heteroatoms. The van der Waals surface area contributed by atoms with Crippen LogP contribution in [0.15, 0.2) is 30.5 Å². The molecule has 0 fully saturated rings. The lowest BCUT2D eigenvalue weighted by molar-refractivity contribution is -0.384. The Kier molecular flexibility index (Phi) is 4.06. The van der Waals surface area contributed by atoms with Gasteiger partial charge in [0.05, 0.1) is 4.92 Å². The van der Waals surface area contributed by atoms with Crippen molar-refractivity contribution in [2.75, 3.05) is 17.7 Å². The molecule has 0 atom stereocenters. The van der Waals surface area contributed by atoms with E-state index in [0.29, 0.717) is 6.54 Å². The van der Waals surface area contributed by atoms with Crippen molar-refractivity contribution in [1.29, 1.82) is 0 Å². The van der Waals surface area contributed by atoms with Gasteiger partial charge >= 0.3 is 5.69 Å². The first-order valence-corrected chi connectivity index (χ1v) is 5.89. The minimum absolute atomic E-state index is 0.158. The van der Waals surface area contributed by atoms with Crippen LogP contribution in [-0.4, -0.2) is 21.9 Å². The van der Waals surface area contributed by atoms with Gasteiger partial charge in [0.15, 0.2) is 0 Å². The first-order chi connectivity index (χ1) is 9.63. The normalized spacial score (nSPS) is 10.1. The van der Waals surface area contributed by atoms with Crippen molar-refractivity contribution in [3.8, 4) is 0 Å². The van der Waals surface area contributed by atoms with Crippen molar-refractivity contribution in [3.05, 3.63) is 46.1 Å². The minimum Gasteiger partial charge on any atom is -0.367 e. The molecule has 0 aliphatic carbocycles. The van der Waals surface area contributed by atoms with Gasteiger partial charge < -0.3 is 16.4 Å². The monoisotopic (exact) mass is 274 g/mol. The lowest BCUT2D eigenvalue weighted by Gasteiger charge is -2.07. The predicted octanol–water partition coefficient (Wildman–Crippen LogP) is 1.63. The van der Waals surface area contributed by atoms with E-state index in [1.807, 2.05) is 24.3 Å². The highest BCUT2D eigenvalue weighted by atomic mass is 16.6. The Morgan fingerprint density at radius 2 is 2.05 bits per heavy atom. The highest BCUT2D eigenvalue weighted by Gasteiger charge is 2.15. The Morgan fingerprint density at radius 3 is 2.60 bits per heavy atom. The van der Waals surface area contributed by atoms with E-state index in [4.69, 9.17) is 5.73 Å². The molecular weight excluding hydrogens is 260 g/mol. The van der Waals surface area contributed by atoms with Crippen LogP contribution in [0, 0.1) is 10.1 Å². The fourth-order valence-corrected chi connectivity index (χ4v) is 1.61. The summed E-state index contributed by atoms with van der Waals surface area (Å²) in [5, 5.41) is 16.4. The van der Waals surface area contributed by atoms with Gasteiger partial charge in [0, 0.05) is 19.3 Å². The van der Waals surface area contributed by atoms with E-state index in [9.17, 15) is 10.1 Å². The van der Waals surface area contributed by atoms with Crippen LogP contribution in [0.2, 0.25) is 0 Å². The number of nitro groups is 1. The third-order valence-corrected chi connectivity index (χ3v) is 2.65. The fourth-order valence-electron chi connectivity index (χ4n) is 1.61. The number of benzene rings is 1. The van der Waals surface area contributed by atoms with Crippen LogP contribution in [0.5, 0.6) is 0 Å². The SMILES string of the molecule is CNc1nc(Nc2ccc(CN)cc2)ncc1[N+](=O)[O-]. The van der Waals surface area contributed by atoms with Crippen molar-refractivity contribution in [2.24, 2.45) is 5.73 Å². The molecule has 0 saturated carbocycles. The molecule has 1 aromatic heterocycles. The number of nitrogens with one attached hydrogen (secondary N) is 2. The summed E-state index contributed by atoms with van der Waals surface area (Å²) >= 11 is 0. The molecule has 104 valence electrons. The lowest BCUT2D eigenvalue weighted by Crippen LogP contribution is -2.04. The van der Waals surface area contributed by atoms with E-state index in [-0.39, 0.29) is 17.5 Å². The number of nitrogens with zero attached hydrogens (tertiary/aromatic N) is 3. The van der Waals surface area contributed by atoms with Gasteiger partial charge in [-0.25, -0.2) is 4.98 Å². The lowest BCUT2D eigenvalue weighted by atomic mass is 10.2. The summed E-state index contributed by atoms with van der Waals surface area (Å²) in [5.41, 5.74) is 7.13. The van der Waals surface area contributed by atoms with Gasteiger partial charge in [0.2, 0.25) is 11.8 Å². The van der Waals surface area contributed by atoms with E-state index in [1.165, 1.54) is 0 Å². The van der Waals surface area contributed by atoms with Gasteiger partial charge in [-0.3, -0.25) is 10.1 Å². The van der Waals surface area contributed by atoms with Gasteiger partial charge in [0.25, 0.3) is 0 Å². The molecule has 20 heavy (non-hydrogen) atoms. The van der Waals surface area contributed by atoms with Gasteiger partial charge in [-0.05, 0) is 17.7 Å². The number of aromatic nitrogens is 2. The molecule has 4 N–H and O–H groups in total. The Balaban J connectivity index is 2.22. The Labute approximate surface area is 115 Å². The van der Waals surface area contributed by atoms with E-state index in [0.717, 1.165) is 17.4 Å². The zero-order valence-electron chi connectivity index (χ0n) is 10.8. The zero-order valence-corrected chi connectivity index (χ0v) is 10.8. The average molecular weight is 274 g/mol. The van der Waals surface area contributed by atoms with Crippen molar-refractivity contribution in [3.63, 3.8) is 0 Å². The highest BCUT2D eigenvalue weighted by Crippen LogP contribution is 2.22. The van der Waals surface area contributed by atoms with Crippen molar-refractivity contribution >= 4 is 23.1 Å². The molecule has 1 heterocycles. The number of hydrogen-bond acceptors (Lipinski definition) is 7. The van der Waals surface area contributed by atoms with Crippen LogP contribution in [0.3, 0.4) is 0 Å². The molecule has 0 unspecified atom stereocenters. The second-order valence-corrected chi connectivity index (χ2v) is 3.96. The second kappa shape index (κ2) is 5.93. The maximum Gasteiger partial charge on any atom is 0.329 e. The molecule has 0 saturated heterocycles. The highest BCUT2D eigenvalue weighted by molar-refractivity contribution is 5.60. The first kappa shape index (κ1) is 13.7. The summed E-state index contributed by atoms with van der Waals surface area (Å²) in [5.74, 6) is 0.437. The molecular formula is C12H14N6O2. The van der Waals surface area contributed by atoms with E-state index in [2.05, 4.69) is 20.6 Å². The first-order valence-electron chi connectivity index (χ1n) is 5.89. The quantitative estimate of drug-likeness (QED) is 0.560. The van der Waals surface area contributed by atoms with Crippen LogP contribution in [-0.2, 0) is 6.54 Å². The molecule has 1 aromatic carbocycles. The summed E-state index contributed by atoms with van der Waals surface area (Å²) < 4.78 is 0. The van der Waals surface area contributed by atoms with Crippen molar-refractivity contribution < 1.29 is 4.92 Å². The van der Waals surface area contributed by atoms with E-state index in [1.54, 1.807) is 7.05 Å². The Bertz CT molecular complexity index is 614. The van der Waals surface area contributed by atoms with Gasteiger partial charge in [-0.1, -0.05) is 12.1 Å². The average Bonchev–Trinajstić information content (AvgIpc) is 2.47. The van der Waals surface area contributed by atoms with Crippen LogP contribution in [0.4, 0.5) is 23.1 Å². The number of anilines is 3. The smallest absolute Gasteiger partial charge is 0.329 e. The molecule has 0 aliphatic heterocycles. The number of rotatable bonds is 5. The van der Waals surface area contributed by atoms with Crippen LogP contribution >= 0.6 is 0 Å². The summed E-state index contributed by atoms with van der Waals surface area (Å²) in [7, 11) is 1.56. The van der Waals surface area contributed by atoms with E-state index >= 15 is 0 Å². The number of nitrogens with two attached hydrogens (primary N) is 1. The second-order valence-electron chi connectivity index (χ2n) is 3.96. The topological polar surface area (TPSA) is 119 Å². The largest absolute Gasteiger partial charge is 0.367 e. The minimum atomic E-state index is -0.536. The maximum atomic E-state index is 10.8. The molecule has 8 nitrogen and oxygen atoms in total. The summed E-state index contributed by atoms with van der Waals surface area (Å²) in [6.45, 7) is 0.470. The summed E-state index contributed by atoms with van der Waals surface area (Å²) in [6.07, 6.45) is 1.16. The molecule has 0 amide bonds. The maximum absolute atomic E-state index is 10.8. The van der Waals surface area contributed by atoms with Crippen molar-refractivity contribution in [2.45, 2.75) is 6.54 Å². The third kappa shape index (κ3) is 2.98. The fraction of sp³-hybridized carbons (Fsp3) is 0.167. The summed E-state index contributed by atoms with van der Waals surface area (Å²) in [4.78, 5) is 18.2. The Hall–Kier alpha value is -2.74. The predicted molar refractivity (Wildman–Crippen MR) is 75.8 cm³/mol. The van der Waals surface area contributed by atoms with Gasteiger partial charge in [0.1, 0.15) is 6.20 Å². The molecule has 0 spiro atoms. The molecule has 2 rings (SSSR count). The standard InChI is InChI=1S/C12H14N6O2/c1-14-11-10(18(19)20)7-15-12(17-11)16-9-4-2-8(6-13)3-5-9/h2-5,7H,6,13H2,1H3,(H2,14,15,16,17). The van der Waals surface area contributed by atoms with Gasteiger partial charge in [-0.2, -0.15) is 4.98 Å². The molecule has 0 radical (unpaired) electrons. The van der Waals surface area contributed by atoms with Crippen LogP contribution in [0.1, 0.15) is 5.56 Å². The number of hydrogen-bond donors (Lipinski definition) is 3. The van der Waals surface area contributed by atoms with Crippen LogP contribution < -0.4 is 16.4 Å². The van der Waals surface area contributed by atoms with Gasteiger partial charge in [-0.15, -0.1) is 0 Å². The van der Waals surface area contributed by atoms with Crippen molar-refractivity contribution in [1.82, 2.24) is 9.97 Å². The summed E-state index contributed by atoms with van der Waals surface area (Å²) in [6, 6.07) is 7.44. The molecule has 2 aromatic rings. The molecule has 0 aliphatic rings. The molecule has 0 bridgehead atoms. The van der Waals surface area contributed by atoms with Crippen LogP contribution in [0.25, 0.3) is 0 Å².